The van der Waals surface area contributed by atoms with E-state index in [-0.39, 0.29) is 23.2 Å². The van der Waals surface area contributed by atoms with Crippen LogP contribution in [0.1, 0.15) is 31.2 Å². The average molecular weight is 333 g/mol. The molecule has 21 heavy (non-hydrogen) atoms. The fraction of sp³-hybridized carbons (Fsp3) is 0.571. The van der Waals surface area contributed by atoms with E-state index < -0.39 is 10.0 Å². The number of anilines is 1. The molecule has 0 bridgehead atoms. The van der Waals surface area contributed by atoms with E-state index in [0.717, 1.165) is 12.8 Å². The van der Waals surface area contributed by atoms with Crippen LogP contribution in [0, 0.1) is 6.92 Å². The van der Waals surface area contributed by atoms with Crippen molar-refractivity contribution in [2.75, 3.05) is 18.9 Å². The van der Waals surface area contributed by atoms with Crippen molar-refractivity contribution in [3.05, 3.63) is 22.7 Å². The van der Waals surface area contributed by atoms with Gasteiger partial charge >= 0.3 is 0 Å². The molecule has 1 fully saturated rings. The normalized spacial score (nSPS) is 20.0. The Kier molecular flexibility index (Phi) is 5.14. The van der Waals surface area contributed by atoms with E-state index in [2.05, 4.69) is 0 Å². The third-order valence-electron chi connectivity index (χ3n) is 3.90. The second-order valence-electron chi connectivity index (χ2n) is 5.42. The largest absolute Gasteiger partial charge is 0.397 e. The zero-order chi connectivity index (χ0) is 15.6. The molecule has 1 unspecified atom stereocenters. The monoisotopic (exact) mass is 332 g/mol. The number of nitrogens with two attached hydrogens (primary N) is 1. The topological polar surface area (TPSA) is 83.6 Å². The highest BCUT2D eigenvalue weighted by atomic mass is 35.5. The molecular formula is C14H21ClN2O3S. The summed E-state index contributed by atoms with van der Waals surface area (Å²) in [5.74, 6) is 0. The van der Waals surface area contributed by atoms with E-state index in [1.807, 2.05) is 0 Å². The molecule has 0 amide bonds. The summed E-state index contributed by atoms with van der Waals surface area (Å²) in [4.78, 5) is 0.222. The zero-order valence-corrected chi connectivity index (χ0v) is 13.6. The Hall–Kier alpha value is -0.820. The Morgan fingerprint density at radius 2 is 2.19 bits per heavy atom. The molecule has 1 atom stereocenters. The van der Waals surface area contributed by atoms with Gasteiger partial charge < -0.3 is 10.8 Å². The van der Waals surface area contributed by atoms with Crippen molar-refractivity contribution in [3.8, 4) is 0 Å². The maximum absolute atomic E-state index is 12.9. The van der Waals surface area contributed by atoms with Crippen molar-refractivity contribution in [3.63, 3.8) is 0 Å². The highest BCUT2D eigenvalue weighted by Gasteiger charge is 2.35. The minimum Gasteiger partial charge on any atom is -0.397 e. The van der Waals surface area contributed by atoms with E-state index in [9.17, 15) is 8.42 Å². The van der Waals surface area contributed by atoms with Crippen molar-refractivity contribution < 1.29 is 13.5 Å². The maximum atomic E-state index is 12.9. The van der Waals surface area contributed by atoms with Crippen molar-refractivity contribution in [2.45, 2.75) is 43.5 Å². The summed E-state index contributed by atoms with van der Waals surface area (Å²) < 4.78 is 27.3. The predicted octanol–water partition coefficient (Wildman–Crippen LogP) is 2.16. The van der Waals surface area contributed by atoms with Gasteiger partial charge in [-0.1, -0.05) is 11.6 Å². The average Bonchev–Trinajstić information content (AvgIpc) is 2.89. The highest BCUT2D eigenvalue weighted by molar-refractivity contribution is 7.89. The smallest absolute Gasteiger partial charge is 0.243 e. The molecule has 1 aromatic carbocycles. The summed E-state index contributed by atoms with van der Waals surface area (Å²) in [6.45, 7) is 2.31. The van der Waals surface area contributed by atoms with E-state index >= 15 is 0 Å². The van der Waals surface area contributed by atoms with Gasteiger partial charge in [0.15, 0.2) is 0 Å². The van der Waals surface area contributed by atoms with Crippen LogP contribution in [-0.2, 0) is 10.0 Å². The second kappa shape index (κ2) is 6.52. The number of hydrogen-bond donors (Lipinski definition) is 2. The van der Waals surface area contributed by atoms with Crippen LogP contribution in [0.5, 0.6) is 0 Å². The maximum Gasteiger partial charge on any atom is 0.243 e. The van der Waals surface area contributed by atoms with E-state index in [1.165, 1.54) is 6.07 Å². The number of halogens is 1. The summed E-state index contributed by atoms with van der Waals surface area (Å²) in [5.41, 5.74) is 6.62. The summed E-state index contributed by atoms with van der Waals surface area (Å²) in [6.07, 6.45) is 2.97. The minimum atomic E-state index is -3.58. The molecule has 0 aromatic heterocycles. The van der Waals surface area contributed by atoms with Crippen LogP contribution in [0.2, 0.25) is 5.02 Å². The number of sulfonamides is 1. The molecule has 118 valence electrons. The Bertz CT molecular complexity index is 619. The fourth-order valence-electron chi connectivity index (χ4n) is 2.81. The lowest BCUT2D eigenvalue weighted by Crippen LogP contribution is -2.36. The van der Waals surface area contributed by atoms with Crippen LogP contribution in [0.25, 0.3) is 0 Å². The summed E-state index contributed by atoms with van der Waals surface area (Å²) in [6, 6.07) is 2.98. The van der Waals surface area contributed by atoms with Gasteiger partial charge in [-0.15, -0.1) is 0 Å². The van der Waals surface area contributed by atoms with Crippen molar-refractivity contribution >= 4 is 27.3 Å². The summed E-state index contributed by atoms with van der Waals surface area (Å²) in [7, 11) is -3.58. The summed E-state index contributed by atoms with van der Waals surface area (Å²) in [5, 5.41) is 9.31. The fourth-order valence-corrected chi connectivity index (χ4v) is 5.00. The molecule has 2 rings (SSSR count). The molecule has 1 aliphatic rings. The molecule has 3 N–H and O–H groups in total. The third kappa shape index (κ3) is 3.34. The first-order valence-corrected chi connectivity index (χ1v) is 8.88. The van der Waals surface area contributed by atoms with Crippen molar-refractivity contribution in [1.29, 1.82) is 0 Å². The molecule has 1 heterocycles. The number of rotatable bonds is 5. The van der Waals surface area contributed by atoms with E-state index in [4.69, 9.17) is 22.4 Å². The standard InChI is InChI=1S/C14H21ClN2O3S/c1-10-8-12(15)13(16)9-14(10)21(19,20)17-6-2-4-11(17)5-3-7-18/h8-9,11,18H,2-7,16H2,1H3. The molecule has 0 spiro atoms. The number of benzene rings is 1. The van der Waals surface area contributed by atoms with Gasteiger partial charge in [0, 0.05) is 19.2 Å². The predicted molar refractivity (Wildman–Crippen MR) is 83.8 cm³/mol. The van der Waals surface area contributed by atoms with Gasteiger partial charge in [0.05, 0.1) is 15.6 Å². The number of hydrogen-bond acceptors (Lipinski definition) is 4. The Balaban J connectivity index is 2.35. The van der Waals surface area contributed by atoms with Gasteiger partial charge in [0.25, 0.3) is 0 Å². The Morgan fingerprint density at radius 1 is 1.48 bits per heavy atom. The van der Waals surface area contributed by atoms with Crippen molar-refractivity contribution in [1.82, 2.24) is 4.31 Å². The van der Waals surface area contributed by atoms with Gasteiger partial charge in [-0.05, 0) is 50.3 Å². The highest BCUT2D eigenvalue weighted by Crippen LogP contribution is 2.32. The molecule has 0 radical (unpaired) electrons. The summed E-state index contributed by atoms with van der Waals surface area (Å²) >= 11 is 5.93. The van der Waals surface area contributed by atoms with Crippen LogP contribution >= 0.6 is 11.6 Å². The first kappa shape index (κ1) is 16.5. The van der Waals surface area contributed by atoms with E-state index in [1.54, 1.807) is 17.3 Å². The lowest BCUT2D eigenvalue weighted by atomic mass is 10.1. The van der Waals surface area contributed by atoms with Gasteiger partial charge in [0.1, 0.15) is 0 Å². The van der Waals surface area contributed by atoms with Gasteiger partial charge in [-0.3, -0.25) is 0 Å². The van der Waals surface area contributed by atoms with Crippen LogP contribution in [0.3, 0.4) is 0 Å². The second-order valence-corrected chi connectivity index (χ2v) is 7.68. The first-order chi connectivity index (χ1) is 9.87. The lowest BCUT2D eigenvalue weighted by Gasteiger charge is -2.25. The first-order valence-electron chi connectivity index (χ1n) is 7.06. The minimum absolute atomic E-state index is 0.0431. The number of nitrogens with zero attached hydrogens (tertiary/aromatic N) is 1. The van der Waals surface area contributed by atoms with Crippen LogP contribution < -0.4 is 5.73 Å². The molecular weight excluding hydrogens is 312 g/mol. The quantitative estimate of drug-likeness (QED) is 0.809. The van der Waals surface area contributed by atoms with Gasteiger partial charge in [-0.2, -0.15) is 4.31 Å². The molecule has 1 aliphatic heterocycles. The zero-order valence-electron chi connectivity index (χ0n) is 12.0. The molecule has 5 nitrogen and oxygen atoms in total. The number of aliphatic hydroxyl groups is 1. The van der Waals surface area contributed by atoms with Gasteiger partial charge in [0.2, 0.25) is 10.0 Å². The number of aryl methyl sites for hydroxylation is 1. The Labute approximate surface area is 130 Å². The lowest BCUT2D eigenvalue weighted by molar-refractivity contribution is 0.264. The van der Waals surface area contributed by atoms with Crippen molar-refractivity contribution in [2.24, 2.45) is 0 Å². The van der Waals surface area contributed by atoms with Gasteiger partial charge in [-0.25, -0.2) is 8.42 Å². The number of nitrogen functional groups attached to an aromatic ring is 1. The van der Waals surface area contributed by atoms with Crippen LogP contribution in [-0.4, -0.2) is 37.0 Å². The Morgan fingerprint density at radius 3 is 2.86 bits per heavy atom. The molecule has 7 heteroatoms. The molecule has 0 aliphatic carbocycles. The molecule has 0 saturated carbocycles. The van der Waals surface area contributed by atoms with E-state index in [0.29, 0.717) is 30.0 Å². The third-order valence-corrected chi connectivity index (χ3v) is 6.32. The SMILES string of the molecule is Cc1cc(Cl)c(N)cc1S(=O)(=O)N1CCCC1CCCO. The molecule has 1 aromatic rings. The van der Waals surface area contributed by atoms with Crippen LogP contribution in [0.15, 0.2) is 17.0 Å². The molecule has 1 saturated heterocycles. The van der Waals surface area contributed by atoms with Crippen LogP contribution in [0.4, 0.5) is 5.69 Å². The number of aliphatic hydroxyl groups excluding tert-OH is 1.